The van der Waals surface area contributed by atoms with Crippen LogP contribution in [0.3, 0.4) is 0 Å². The normalized spacial score (nSPS) is 14.3. The van der Waals surface area contributed by atoms with E-state index in [0.717, 1.165) is 34.2 Å². The molecule has 1 aromatic heterocycles. The topological polar surface area (TPSA) is 82.9 Å². The molecule has 3 aromatic rings. The molecular formula is C22H18FN3O2S. The van der Waals surface area contributed by atoms with Crippen molar-refractivity contribution in [3.63, 3.8) is 0 Å². The molecule has 0 bridgehead atoms. The first-order chi connectivity index (χ1) is 14.0. The van der Waals surface area contributed by atoms with Crippen molar-refractivity contribution in [3.8, 4) is 17.2 Å². The van der Waals surface area contributed by atoms with Crippen molar-refractivity contribution >= 4 is 33.2 Å². The van der Waals surface area contributed by atoms with Gasteiger partial charge in [0.2, 0.25) is 5.91 Å². The number of hydrogen-bond donors (Lipinski definition) is 1. The molecule has 1 N–H and O–H groups in total. The highest BCUT2D eigenvalue weighted by atomic mass is 32.1. The fourth-order valence-electron chi connectivity index (χ4n) is 3.19. The molecule has 1 fully saturated rings. The third-order valence-corrected chi connectivity index (χ3v) is 6.07. The van der Waals surface area contributed by atoms with Crippen LogP contribution in [0.25, 0.3) is 21.3 Å². The zero-order valence-corrected chi connectivity index (χ0v) is 16.4. The Hall–Kier alpha value is -3.11. The maximum atomic E-state index is 13.1. The second-order valence-electron chi connectivity index (χ2n) is 7.36. The Morgan fingerprint density at radius 3 is 2.59 bits per heavy atom. The molecule has 2 aromatic carbocycles. The van der Waals surface area contributed by atoms with Gasteiger partial charge in [0.15, 0.2) is 5.78 Å². The SMILES string of the molecule is N#CC1(CC(=O)CNC(=O)Cc2nc3cc(-c4ccc(F)cc4)ccc3s2)CC1. The van der Waals surface area contributed by atoms with Crippen molar-refractivity contribution in [3.05, 3.63) is 53.3 Å². The van der Waals surface area contributed by atoms with Crippen LogP contribution in [0.4, 0.5) is 4.39 Å². The monoisotopic (exact) mass is 407 g/mol. The first-order valence-electron chi connectivity index (χ1n) is 9.31. The molecule has 1 aliphatic rings. The van der Waals surface area contributed by atoms with E-state index in [9.17, 15) is 14.0 Å². The zero-order valence-electron chi connectivity index (χ0n) is 15.6. The van der Waals surface area contributed by atoms with Gasteiger partial charge in [-0.1, -0.05) is 18.2 Å². The number of ketones is 1. The summed E-state index contributed by atoms with van der Waals surface area (Å²) in [6.07, 6.45) is 1.82. The van der Waals surface area contributed by atoms with Crippen LogP contribution in [0, 0.1) is 22.6 Å². The number of nitrogens with zero attached hydrogens (tertiary/aromatic N) is 2. The summed E-state index contributed by atoms with van der Waals surface area (Å²) in [4.78, 5) is 28.6. The Morgan fingerprint density at radius 2 is 1.90 bits per heavy atom. The van der Waals surface area contributed by atoms with Gasteiger partial charge in [-0.05, 0) is 48.2 Å². The molecule has 0 aliphatic heterocycles. The van der Waals surface area contributed by atoms with Crippen LogP contribution in [0.15, 0.2) is 42.5 Å². The maximum absolute atomic E-state index is 13.1. The molecule has 0 spiro atoms. The minimum atomic E-state index is -0.489. The molecule has 0 unspecified atom stereocenters. The summed E-state index contributed by atoms with van der Waals surface area (Å²) in [5, 5.41) is 12.3. The van der Waals surface area contributed by atoms with Gasteiger partial charge in [-0.15, -0.1) is 11.3 Å². The predicted octanol–water partition coefficient (Wildman–Crippen LogP) is 4.02. The van der Waals surface area contributed by atoms with Crippen LogP contribution >= 0.6 is 11.3 Å². The van der Waals surface area contributed by atoms with Gasteiger partial charge >= 0.3 is 0 Å². The summed E-state index contributed by atoms with van der Waals surface area (Å²) >= 11 is 1.43. The molecule has 4 rings (SSSR count). The van der Waals surface area contributed by atoms with Gasteiger partial charge in [0, 0.05) is 6.42 Å². The number of fused-ring (bicyclic) bond motifs is 1. The molecule has 29 heavy (non-hydrogen) atoms. The molecule has 146 valence electrons. The van der Waals surface area contributed by atoms with Gasteiger partial charge < -0.3 is 5.32 Å². The number of thiazole rings is 1. The van der Waals surface area contributed by atoms with Crippen LogP contribution in [0.1, 0.15) is 24.3 Å². The number of rotatable bonds is 7. The summed E-state index contributed by atoms with van der Waals surface area (Å²) < 4.78 is 14.1. The number of carbonyl (C=O) groups excluding carboxylic acids is 2. The number of Topliss-reactive ketones (excluding diaryl/α,β-unsaturated/α-hetero) is 1. The molecule has 1 saturated carbocycles. The largest absolute Gasteiger partial charge is 0.349 e. The van der Waals surface area contributed by atoms with E-state index in [-0.39, 0.29) is 36.9 Å². The number of benzene rings is 2. The van der Waals surface area contributed by atoms with E-state index in [0.29, 0.717) is 5.01 Å². The first-order valence-corrected chi connectivity index (χ1v) is 10.1. The lowest BCUT2D eigenvalue weighted by Crippen LogP contribution is -2.31. The maximum Gasteiger partial charge on any atom is 0.227 e. The van der Waals surface area contributed by atoms with E-state index in [1.165, 1.54) is 23.5 Å². The molecule has 0 radical (unpaired) electrons. The highest BCUT2D eigenvalue weighted by Crippen LogP contribution is 2.48. The molecule has 0 saturated heterocycles. The number of aromatic nitrogens is 1. The third-order valence-electron chi connectivity index (χ3n) is 5.03. The van der Waals surface area contributed by atoms with Crippen molar-refractivity contribution in [1.29, 1.82) is 5.26 Å². The standard InChI is InChI=1S/C22H18FN3O2S/c23-16-4-1-14(2-5-16)15-3-6-19-18(9-15)26-21(29-19)10-20(28)25-12-17(27)11-22(13-24)7-8-22/h1-6,9H,7-8,10-12H2,(H,25,28). The first kappa shape index (κ1) is 19.2. The quantitative estimate of drug-likeness (QED) is 0.641. The van der Waals surface area contributed by atoms with Crippen molar-refractivity contribution in [1.82, 2.24) is 10.3 Å². The minimum absolute atomic E-state index is 0.0537. The van der Waals surface area contributed by atoms with Gasteiger partial charge in [0.25, 0.3) is 0 Å². The summed E-state index contributed by atoms with van der Waals surface area (Å²) in [5.41, 5.74) is 2.11. The fraction of sp³-hybridized carbons (Fsp3) is 0.273. The molecule has 7 heteroatoms. The number of nitrogens with one attached hydrogen (secondary N) is 1. The van der Waals surface area contributed by atoms with E-state index in [4.69, 9.17) is 5.26 Å². The summed E-state index contributed by atoms with van der Waals surface area (Å²) in [6, 6.07) is 14.2. The summed E-state index contributed by atoms with van der Waals surface area (Å²) in [6.45, 7) is -0.0537. The number of halogens is 1. The number of amides is 1. The van der Waals surface area contributed by atoms with Crippen molar-refractivity contribution in [2.45, 2.75) is 25.7 Å². The minimum Gasteiger partial charge on any atom is -0.349 e. The lowest BCUT2D eigenvalue weighted by atomic mass is 10.0. The van der Waals surface area contributed by atoms with Crippen molar-refractivity contribution < 1.29 is 14.0 Å². The summed E-state index contributed by atoms with van der Waals surface area (Å²) in [5.74, 6) is -0.668. The van der Waals surface area contributed by atoms with Gasteiger partial charge in [-0.3, -0.25) is 9.59 Å². The fourth-order valence-corrected chi connectivity index (χ4v) is 4.13. The third kappa shape index (κ3) is 4.49. The molecule has 1 aliphatic carbocycles. The van der Waals surface area contributed by atoms with Crippen LogP contribution in [-0.4, -0.2) is 23.2 Å². The van der Waals surface area contributed by atoms with Gasteiger partial charge in [0.05, 0.1) is 34.7 Å². The van der Waals surface area contributed by atoms with Crippen LogP contribution < -0.4 is 5.32 Å². The van der Waals surface area contributed by atoms with Crippen LogP contribution in [-0.2, 0) is 16.0 Å². The van der Waals surface area contributed by atoms with E-state index in [1.807, 2.05) is 18.2 Å². The van der Waals surface area contributed by atoms with Crippen molar-refractivity contribution in [2.75, 3.05) is 6.54 Å². The van der Waals surface area contributed by atoms with E-state index < -0.39 is 5.41 Å². The Labute approximate surface area is 171 Å². The Bertz CT molecular complexity index is 1130. The highest BCUT2D eigenvalue weighted by molar-refractivity contribution is 7.18. The van der Waals surface area contributed by atoms with E-state index in [2.05, 4.69) is 16.4 Å². The highest BCUT2D eigenvalue weighted by Gasteiger charge is 2.44. The van der Waals surface area contributed by atoms with Gasteiger partial charge in [0.1, 0.15) is 10.8 Å². The number of hydrogen-bond acceptors (Lipinski definition) is 5. The van der Waals surface area contributed by atoms with Crippen LogP contribution in [0.5, 0.6) is 0 Å². The molecule has 0 atom stereocenters. The lowest BCUT2D eigenvalue weighted by Gasteiger charge is -2.06. The van der Waals surface area contributed by atoms with E-state index in [1.54, 1.807) is 12.1 Å². The second-order valence-corrected chi connectivity index (χ2v) is 8.47. The smallest absolute Gasteiger partial charge is 0.227 e. The zero-order chi connectivity index (χ0) is 20.4. The number of nitriles is 1. The Balaban J connectivity index is 1.38. The van der Waals surface area contributed by atoms with E-state index >= 15 is 0 Å². The average molecular weight is 407 g/mol. The average Bonchev–Trinajstić information content (AvgIpc) is 3.36. The predicted molar refractivity (Wildman–Crippen MR) is 109 cm³/mol. The Morgan fingerprint density at radius 1 is 1.17 bits per heavy atom. The Kier molecular flexibility index (Phi) is 5.12. The molecule has 5 nitrogen and oxygen atoms in total. The molecular weight excluding hydrogens is 389 g/mol. The van der Waals surface area contributed by atoms with Crippen molar-refractivity contribution in [2.24, 2.45) is 5.41 Å². The van der Waals surface area contributed by atoms with Crippen LogP contribution in [0.2, 0.25) is 0 Å². The molecule has 1 heterocycles. The summed E-state index contributed by atoms with van der Waals surface area (Å²) in [7, 11) is 0. The number of carbonyl (C=O) groups is 2. The lowest BCUT2D eigenvalue weighted by molar-refractivity contribution is -0.125. The van der Waals surface area contributed by atoms with Gasteiger partial charge in [-0.25, -0.2) is 9.37 Å². The van der Waals surface area contributed by atoms with Gasteiger partial charge in [-0.2, -0.15) is 5.26 Å². The molecule has 1 amide bonds. The second kappa shape index (κ2) is 7.72.